The van der Waals surface area contributed by atoms with Gasteiger partial charge in [-0.05, 0) is 46.1 Å². The van der Waals surface area contributed by atoms with Crippen LogP contribution in [0.15, 0.2) is 39.6 Å². The summed E-state index contributed by atoms with van der Waals surface area (Å²) in [6, 6.07) is 6.19. The van der Waals surface area contributed by atoms with Crippen LogP contribution in [0.2, 0.25) is 5.02 Å². The Morgan fingerprint density at radius 3 is 2.76 bits per heavy atom. The Labute approximate surface area is 112 Å². The zero-order valence-corrected chi connectivity index (χ0v) is 11.1. The maximum absolute atomic E-state index is 13.0. The third-order valence-corrected chi connectivity index (χ3v) is 3.42. The zero-order valence-electron chi connectivity index (χ0n) is 8.79. The highest BCUT2D eigenvalue weighted by atomic mass is 79.9. The molecule has 1 atom stereocenters. The monoisotopic (exact) mass is 317 g/mol. The second-order valence-electron chi connectivity index (χ2n) is 3.71. The van der Waals surface area contributed by atoms with Crippen molar-refractivity contribution >= 4 is 27.5 Å². The minimum absolute atomic E-state index is 0.112. The van der Waals surface area contributed by atoms with Crippen molar-refractivity contribution in [3.05, 3.63) is 57.2 Å². The van der Waals surface area contributed by atoms with E-state index in [2.05, 4.69) is 15.9 Å². The second kappa shape index (κ2) is 5.21. The van der Waals surface area contributed by atoms with Gasteiger partial charge in [-0.2, -0.15) is 0 Å². The molecule has 0 saturated carbocycles. The van der Waals surface area contributed by atoms with E-state index in [1.54, 1.807) is 24.5 Å². The molecule has 0 radical (unpaired) electrons. The van der Waals surface area contributed by atoms with Gasteiger partial charge in [0.1, 0.15) is 5.82 Å². The molecule has 1 unspecified atom stereocenters. The molecule has 1 heterocycles. The molecule has 0 amide bonds. The minimum atomic E-state index is -0.423. The van der Waals surface area contributed by atoms with Gasteiger partial charge in [0.25, 0.3) is 0 Å². The van der Waals surface area contributed by atoms with E-state index < -0.39 is 5.82 Å². The van der Waals surface area contributed by atoms with Crippen molar-refractivity contribution in [2.45, 2.75) is 12.5 Å². The van der Waals surface area contributed by atoms with E-state index in [1.165, 1.54) is 6.07 Å². The highest BCUT2D eigenvalue weighted by molar-refractivity contribution is 9.10. The van der Waals surface area contributed by atoms with E-state index in [-0.39, 0.29) is 11.1 Å². The van der Waals surface area contributed by atoms with Gasteiger partial charge in [-0.1, -0.05) is 17.7 Å². The topological polar surface area (TPSA) is 39.2 Å². The van der Waals surface area contributed by atoms with Gasteiger partial charge in [-0.25, -0.2) is 4.39 Å². The molecule has 17 heavy (non-hydrogen) atoms. The Kier molecular flexibility index (Phi) is 3.86. The number of halogens is 3. The molecular formula is C12H10BrClFNO. The summed E-state index contributed by atoms with van der Waals surface area (Å²) < 4.78 is 18.7. The first-order valence-electron chi connectivity index (χ1n) is 5.00. The average Bonchev–Trinajstić information content (AvgIpc) is 2.70. The molecule has 0 saturated heterocycles. The molecule has 0 aliphatic rings. The van der Waals surface area contributed by atoms with Crippen molar-refractivity contribution in [2.24, 2.45) is 5.73 Å². The van der Waals surface area contributed by atoms with Crippen LogP contribution in [-0.2, 0) is 6.42 Å². The number of hydrogen-bond acceptors (Lipinski definition) is 2. The van der Waals surface area contributed by atoms with Crippen LogP contribution in [0.4, 0.5) is 4.39 Å². The van der Waals surface area contributed by atoms with Gasteiger partial charge in [0.2, 0.25) is 0 Å². The molecule has 5 heteroatoms. The van der Waals surface area contributed by atoms with Crippen molar-refractivity contribution in [3.8, 4) is 0 Å². The average molecular weight is 319 g/mol. The maximum atomic E-state index is 13.0. The second-order valence-corrected chi connectivity index (χ2v) is 4.84. The number of hydrogen-bond donors (Lipinski definition) is 1. The van der Waals surface area contributed by atoms with E-state index >= 15 is 0 Å². The molecule has 0 fully saturated rings. The molecule has 0 spiro atoms. The van der Waals surface area contributed by atoms with Crippen LogP contribution >= 0.6 is 27.5 Å². The predicted octanol–water partition coefficient (Wildman–Crippen LogP) is 4.08. The van der Waals surface area contributed by atoms with E-state index in [9.17, 15) is 4.39 Å². The SMILES string of the molecule is NC(Cc1ccc(F)c(Cl)c1)c1ccoc1Br. The lowest BCUT2D eigenvalue weighted by molar-refractivity contribution is 0.531. The van der Waals surface area contributed by atoms with Crippen molar-refractivity contribution in [1.29, 1.82) is 0 Å². The van der Waals surface area contributed by atoms with E-state index in [0.29, 0.717) is 11.1 Å². The lowest BCUT2D eigenvalue weighted by Crippen LogP contribution is -2.13. The summed E-state index contributed by atoms with van der Waals surface area (Å²) in [6.45, 7) is 0. The van der Waals surface area contributed by atoms with Crippen LogP contribution in [0.25, 0.3) is 0 Å². The lowest BCUT2D eigenvalue weighted by Gasteiger charge is -2.10. The largest absolute Gasteiger partial charge is 0.457 e. The molecule has 1 aromatic carbocycles. The molecule has 0 aliphatic carbocycles. The molecule has 1 aromatic heterocycles. The third kappa shape index (κ3) is 2.89. The number of furan rings is 1. The fourth-order valence-electron chi connectivity index (χ4n) is 1.60. The van der Waals surface area contributed by atoms with Crippen molar-refractivity contribution in [1.82, 2.24) is 0 Å². The van der Waals surface area contributed by atoms with Crippen molar-refractivity contribution in [2.75, 3.05) is 0 Å². The molecule has 2 N–H and O–H groups in total. The fraction of sp³-hybridized carbons (Fsp3) is 0.167. The van der Waals surface area contributed by atoms with Crippen LogP contribution in [-0.4, -0.2) is 0 Å². The summed E-state index contributed by atoms with van der Waals surface area (Å²) in [5, 5.41) is 0.112. The Bertz CT molecular complexity index is 529. The minimum Gasteiger partial charge on any atom is -0.457 e. The smallest absolute Gasteiger partial charge is 0.173 e. The van der Waals surface area contributed by atoms with Gasteiger partial charge in [-0.15, -0.1) is 0 Å². The summed E-state index contributed by atoms with van der Waals surface area (Å²) >= 11 is 8.98. The maximum Gasteiger partial charge on any atom is 0.173 e. The molecule has 0 bridgehead atoms. The summed E-state index contributed by atoms with van der Waals surface area (Å²) in [7, 11) is 0. The van der Waals surface area contributed by atoms with Gasteiger partial charge < -0.3 is 10.2 Å². The fourth-order valence-corrected chi connectivity index (χ4v) is 2.34. The molecule has 2 aromatic rings. The summed E-state index contributed by atoms with van der Waals surface area (Å²) in [5.41, 5.74) is 7.80. The quantitative estimate of drug-likeness (QED) is 0.926. The molecule has 90 valence electrons. The lowest BCUT2D eigenvalue weighted by atomic mass is 10.0. The summed E-state index contributed by atoms with van der Waals surface area (Å²) in [6.07, 6.45) is 2.13. The Morgan fingerprint density at radius 1 is 1.41 bits per heavy atom. The first-order valence-corrected chi connectivity index (χ1v) is 6.17. The number of benzene rings is 1. The van der Waals surface area contributed by atoms with E-state index in [0.717, 1.165) is 11.1 Å². The summed E-state index contributed by atoms with van der Waals surface area (Å²) in [4.78, 5) is 0. The van der Waals surface area contributed by atoms with Crippen molar-refractivity contribution in [3.63, 3.8) is 0 Å². The van der Waals surface area contributed by atoms with Crippen LogP contribution in [0.3, 0.4) is 0 Å². The van der Waals surface area contributed by atoms with Crippen LogP contribution in [0.5, 0.6) is 0 Å². The van der Waals surface area contributed by atoms with Gasteiger partial charge in [0.05, 0.1) is 11.3 Å². The first-order chi connectivity index (χ1) is 8.08. The van der Waals surface area contributed by atoms with Gasteiger partial charge in [0, 0.05) is 11.6 Å². The van der Waals surface area contributed by atoms with Gasteiger partial charge in [0.15, 0.2) is 4.67 Å². The zero-order chi connectivity index (χ0) is 12.4. The van der Waals surface area contributed by atoms with Crippen molar-refractivity contribution < 1.29 is 8.81 Å². The molecule has 2 nitrogen and oxygen atoms in total. The normalized spacial score (nSPS) is 12.7. The van der Waals surface area contributed by atoms with Gasteiger partial charge >= 0.3 is 0 Å². The number of nitrogens with two attached hydrogens (primary N) is 1. The van der Waals surface area contributed by atoms with Gasteiger partial charge in [-0.3, -0.25) is 0 Å². The first kappa shape index (κ1) is 12.6. The third-order valence-electron chi connectivity index (χ3n) is 2.49. The molecule has 0 aliphatic heterocycles. The van der Waals surface area contributed by atoms with Crippen LogP contribution in [0, 0.1) is 5.82 Å². The van der Waals surface area contributed by atoms with Crippen LogP contribution < -0.4 is 5.73 Å². The van der Waals surface area contributed by atoms with E-state index in [1.807, 2.05) is 0 Å². The molecule has 2 rings (SSSR count). The number of rotatable bonds is 3. The Balaban J connectivity index is 2.16. The molecular weight excluding hydrogens is 308 g/mol. The standard InChI is InChI=1S/C12H10BrClFNO/c13-12-8(3-4-17-12)11(16)6-7-1-2-10(15)9(14)5-7/h1-5,11H,6,16H2. The Morgan fingerprint density at radius 2 is 2.18 bits per heavy atom. The van der Waals surface area contributed by atoms with Crippen LogP contribution in [0.1, 0.15) is 17.2 Å². The highest BCUT2D eigenvalue weighted by Gasteiger charge is 2.13. The van der Waals surface area contributed by atoms with E-state index in [4.69, 9.17) is 21.8 Å². The summed E-state index contributed by atoms with van der Waals surface area (Å²) in [5.74, 6) is -0.423. The predicted molar refractivity (Wildman–Crippen MR) is 68.5 cm³/mol. The Hall–Kier alpha value is -0.840. The highest BCUT2D eigenvalue weighted by Crippen LogP contribution is 2.26.